The molecule has 0 amide bonds. The molecule has 0 aliphatic carbocycles. The summed E-state index contributed by atoms with van der Waals surface area (Å²) in [4.78, 5) is 23.7. The van der Waals surface area contributed by atoms with Crippen molar-refractivity contribution in [2.45, 2.75) is 19.3 Å². The van der Waals surface area contributed by atoms with Crippen LogP contribution in [0, 0.1) is 6.33 Å². The topological polar surface area (TPSA) is 93.8 Å². The third-order valence-corrected chi connectivity index (χ3v) is 3.58. The molecule has 8 heteroatoms. The van der Waals surface area contributed by atoms with Crippen molar-refractivity contribution in [1.82, 2.24) is 24.7 Å². The van der Waals surface area contributed by atoms with Gasteiger partial charge in [0.15, 0.2) is 0 Å². The Bertz CT molecular complexity index is 849. The summed E-state index contributed by atoms with van der Waals surface area (Å²) < 4.78 is 1.45. The zero-order valence-electron chi connectivity index (χ0n) is 12.9. The maximum Gasteiger partial charge on any atom is 0.354 e. The maximum absolute atomic E-state index is 11.1. The SMILES string of the molecule is CC(C)(c1cccc(C(=O)O)n1)c1cccc(-n2[c-]ncn2)n1.[Pt]. The van der Waals surface area contributed by atoms with E-state index < -0.39 is 11.4 Å². The summed E-state index contributed by atoms with van der Waals surface area (Å²) in [5.74, 6) is -0.468. The van der Waals surface area contributed by atoms with Crippen LogP contribution in [0.15, 0.2) is 42.7 Å². The predicted molar refractivity (Wildman–Crippen MR) is 81.3 cm³/mol. The number of carboxylic acids is 1. The molecule has 0 spiro atoms. The van der Waals surface area contributed by atoms with Gasteiger partial charge in [0.05, 0.1) is 11.5 Å². The van der Waals surface area contributed by atoms with Crippen molar-refractivity contribution in [3.63, 3.8) is 0 Å². The molecule has 0 saturated heterocycles. The summed E-state index contributed by atoms with van der Waals surface area (Å²) in [5.41, 5.74) is 0.817. The Morgan fingerprint density at radius 2 is 1.79 bits per heavy atom. The van der Waals surface area contributed by atoms with E-state index in [-0.39, 0.29) is 26.8 Å². The number of carboxylic acid groups (broad SMARTS) is 1. The van der Waals surface area contributed by atoms with Crippen LogP contribution in [0.1, 0.15) is 35.7 Å². The standard InChI is InChI=1S/C16H14N5O2.Pt/c1-16(2,12-6-3-5-11(19-12)15(22)23)13-7-4-8-14(20-13)21-10-17-9-18-21;/h3-9H,1-2H3,(H,22,23);/q-1;. The summed E-state index contributed by atoms with van der Waals surface area (Å²) in [7, 11) is 0. The van der Waals surface area contributed by atoms with Gasteiger partial charge in [-0.3, -0.25) is 4.98 Å². The summed E-state index contributed by atoms with van der Waals surface area (Å²) in [5, 5.41) is 13.1. The van der Waals surface area contributed by atoms with Gasteiger partial charge in [0.25, 0.3) is 0 Å². The Kier molecular flexibility index (Phi) is 5.24. The Morgan fingerprint density at radius 1 is 1.12 bits per heavy atom. The molecule has 126 valence electrons. The fourth-order valence-electron chi connectivity index (χ4n) is 2.22. The molecule has 0 fully saturated rings. The molecule has 0 saturated carbocycles. The fourth-order valence-corrected chi connectivity index (χ4v) is 2.22. The first kappa shape index (κ1) is 17.9. The van der Waals surface area contributed by atoms with Gasteiger partial charge in [-0.1, -0.05) is 18.2 Å². The average molecular weight is 503 g/mol. The van der Waals surface area contributed by atoms with E-state index in [0.717, 1.165) is 5.69 Å². The van der Waals surface area contributed by atoms with Gasteiger partial charge in [-0.15, -0.1) is 0 Å². The quantitative estimate of drug-likeness (QED) is 0.547. The van der Waals surface area contributed by atoms with E-state index in [0.29, 0.717) is 11.5 Å². The first-order valence-corrected chi connectivity index (χ1v) is 6.95. The number of carbonyl (C=O) groups is 1. The van der Waals surface area contributed by atoms with Crippen LogP contribution < -0.4 is 0 Å². The number of pyridine rings is 2. The van der Waals surface area contributed by atoms with Gasteiger partial charge in [-0.25, -0.2) is 14.9 Å². The van der Waals surface area contributed by atoms with Gasteiger partial charge < -0.3 is 14.8 Å². The molecular weight excluding hydrogens is 489 g/mol. The van der Waals surface area contributed by atoms with Gasteiger partial charge in [0.2, 0.25) is 0 Å². The molecule has 0 aromatic carbocycles. The number of hydrogen-bond donors (Lipinski definition) is 1. The second kappa shape index (κ2) is 7.01. The summed E-state index contributed by atoms with van der Waals surface area (Å²) in [6.45, 7) is 3.89. The first-order chi connectivity index (χ1) is 11.0. The largest absolute Gasteiger partial charge is 0.477 e. The van der Waals surface area contributed by atoms with Crippen LogP contribution in [0.4, 0.5) is 0 Å². The van der Waals surface area contributed by atoms with Crippen molar-refractivity contribution < 1.29 is 31.0 Å². The molecule has 3 aromatic rings. The Morgan fingerprint density at radius 3 is 2.42 bits per heavy atom. The van der Waals surface area contributed by atoms with Crippen LogP contribution in [-0.2, 0) is 26.5 Å². The minimum atomic E-state index is -1.05. The molecule has 7 nitrogen and oxygen atoms in total. The normalized spacial score (nSPS) is 10.9. The molecule has 1 N–H and O–H groups in total. The molecule has 0 aliphatic rings. The Hall–Kier alpha value is -2.40. The van der Waals surface area contributed by atoms with Crippen LogP contribution in [0.2, 0.25) is 0 Å². The van der Waals surface area contributed by atoms with Gasteiger partial charge in [-0.05, 0) is 32.0 Å². The third-order valence-electron chi connectivity index (χ3n) is 3.58. The van der Waals surface area contributed by atoms with Crippen LogP contribution in [-0.4, -0.2) is 35.8 Å². The zero-order valence-corrected chi connectivity index (χ0v) is 15.2. The predicted octanol–water partition coefficient (Wildman–Crippen LogP) is 1.88. The van der Waals surface area contributed by atoms with E-state index >= 15 is 0 Å². The van der Waals surface area contributed by atoms with Crippen molar-refractivity contribution in [1.29, 1.82) is 0 Å². The van der Waals surface area contributed by atoms with Crippen LogP contribution in [0.25, 0.3) is 5.82 Å². The monoisotopic (exact) mass is 503 g/mol. The summed E-state index contributed by atoms with van der Waals surface area (Å²) in [6.07, 6.45) is 4.08. The van der Waals surface area contributed by atoms with Gasteiger partial charge >= 0.3 is 5.97 Å². The fraction of sp³-hybridized carbons (Fsp3) is 0.188. The number of rotatable bonds is 4. The minimum absolute atomic E-state index is 0. The smallest absolute Gasteiger partial charge is 0.354 e. The van der Waals surface area contributed by atoms with E-state index in [2.05, 4.69) is 26.4 Å². The second-order valence-corrected chi connectivity index (χ2v) is 5.49. The van der Waals surface area contributed by atoms with Gasteiger partial charge in [-0.2, -0.15) is 0 Å². The van der Waals surface area contributed by atoms with E-state index in [9.17, 15) is 4.79 Å². The van der Waals surface area contributed by atoms with E-state index in [1.807, 2.05) is 26.0 Å². The molecular formula is C16H14N5O2Pt-. The summed E-state index contributed by atoms with van der Waals surface area (Å²) in [6, 6.07) is 10.5. The molecule has 3 rings (SSSR count). The minimum Gasteiger partial charge on any atom is -0.477 e. The summed E-state index contributed by atoms with van der Waals surface area (Å²) >= 11 is 0. The van der Waals surface area contributed by atoms with Crippen molar-refractivity contribution in [3.05, 3.63) is 66.1 Å². The molecule has 0 unspecified atom stereocenters. The first-order valence-electron chi connectivity index (χ1n) is 6.95. The maximum atomic E-state index is 11.1. The van der Waals surface area contributed by atoms with Crippen LogP contribution in [0.3, 0.4) is 0 Å². The van der Waals surface area contributed by atoms with Crippen molar-refractivity contribution in [2.75, 3.05) is 0 Å². The Labute approximate surface area is 153 Å². The molecule has 0 atom stereocenters. The van der Waals surface area contributed by atoms with Gasteiger partial charge in [0.1, 0.15) is 5.69 Å². The number of hydrogen-bond acceptors (Lipinski definition) is 5. The zero-order chi connectivity index (χ0) is 16.4. The van der Waals surface area contributed by atoms with E-state index in [4.69, 9.17) is 5.11 Å². The number of aromatic nitrogens is 5. The van der Waals surface area contributed by atoms with Crippen molar-refractivity contribution >= 4 is 5.97 Å². The molecule has 0 bridgehead atoms. The van der Waals surface area contributed by atoms with Crippen LogP contribution >= 0.6 is 0 Å². The van der Waals surface area contributed by atoms with Crippen molar-refractivity contribution in [2.24, 2.45) is 0 Å². The molecule has 0 aliphatic heterocycles. The van der Waals surface area contributed by atoms with E-state index in [1.54, 1.807) is 18.2 Å². The molecule has 24 heavy (non-hydrogen) atoms. The third kappa shape index (κ3) is 3.41. The average Bonchev–Trinajstić information content (AvgIpc) is 3.09. The number of aromatic carboxylic acids is 1. The molecule has 3 aromatic heterocycles. The molecule has 0 radical (unpaired) electrons. The van der Waals surface area contributed by atoms with Crippen molar-refractivity contribution in [3.8, 4) is 5.82 Å². The number of nitrogens with zero attached hydrogens (tertiary/aromatic N) is 5. The molecule has 3 heterocycles. The van der Waals surface area contributed by atoms with Crippen LogP contribution in [0.5, 0.6) is 0 Å². The van der Waals surface area contributed by atoms with E-state index in [1.165, 1.54) is 17.1 Å². The second-order valence-electron chi connectivity index (χ2n) is 5.49. The van der Waals surface area contributed by atoms with Gasteiger partial charge in [0, 0.05) is 44.8 Å². The Balaban J connectivity index is 0.00000208.